The van der Waals surface area contributed by atoms with Gasteiger partial charge in [-0.15, -0.1) is 0 Å². The number of nitrogens with zero attached hydrogens (tertiary/aromatic N) is 5. The summed E-state index contributed by atoms with van der Waals surface area (Å²) in [7, 11) is 0. The molecule has 0 radical (unpaired) electrons. The van der Waals surface area contributed by atoms with Crippen LogP contribution in [0.2, 0.25) is 0 Å². The molecule has 0 bridgehead atoms. The van der Waals surface area contributed by atoms with Gasteiger partial charge in [-0.05, 0) is 69.1 Å². The second-order valence-corrected chi connectivity index (χ2v) is 12.2. The highest BCUT2D eigenvalue weighted by Gasteiger charge is 2.41. The monoisotopic (exact) mass is 609 g/mol. The first kappa shape index (κ1) is 30.9. The largest absolute Gasteiger partial charge is 0.392 e. The lowest BCUT2D eigenvalue weighted by molar-refractivity contribution is -0.174. The number of carbonyl (C=O) groups excluding carboxylic acids is 2. The molecule has 3 heterocycles. The number of fused-ring (bicyclic) bond motifs is 1. The second-order valence-electron chi connectivity index (χ2n) is 12.2. The molecule has 43 heavy (non-hydrogen) atoms. The van der Waals surface area contributed by atoms with Gasteiger partial charge in [-0.2, -0.15) is 23.4 Å². The lowest BCUT2D eigenvalue weighted by Gasteiger charge is -2.33. The minimum atomic E-state index is -4.46. The number of hydrogen-bond acceptors (Lipinski definition) is 5. The van der Waals surface area contributed by atoms with Crippen LogP contribution in [0.5, 0.6) is 0 Å². The molecule has 3 aromatic rings. The van der Waals surface area contributed by atoms with Gasteiger partial charge < -0.3 is 10.6 Å². The Morgan fingerprint density at radius 1 is 1.02 bits per heavy atom. The zero-order valence-electron chi connectivity index (χ0n) is 24.2. The molecule has 2 N–H and O–H groups in total. The summed E-state index contributed by atoms with van der Waals surface area (Å²) in [5, 5.41) is 14.4. The van der Waals surface area contributed by atoms with Crippen LogP contribution in [0.15, 0.2) is 30.7 Å². The van der Waals surface area contributed by atoms with E-state index >= 15 is 0 Å². The Morgan fingerprint density at radius 3 is 2.33 bits per heavy atom. The van der Waals surface area contributed by atoms with Crippen molar-refractivity contribution in [2.45, 2.75) is 95.9 Å². The van der Waals surface area contributed by atoms with Crippen LogP contribution in [0.1, 0.15) is 106 Å². The molecule has 1 unspecified atom stereocenters. The quantitative estimate of drug-likeness (QED) is 0.276. The van der Waals surface area contributed by atoms with E-state index in [4.69, 9.17) is 4.98 Å². The van der Waals surface area contributed by atoms with Crippen molar-refractivity contribution in [3.8, 4) is 0 Å². The van der Waals surface area contributed by atoms with Gasteiger partial charge in [-0.25, -0.2) is 18.3 Å². The van der Waals surface area contributed by atoms with E-state index in [2.05, 4.69) is 20.8 Å². The summed E-state index contributed by atoms with van der Waals surface area (Å²) >= 11 is 0. The third-order valence-electron chi connectivity index (χ3n) is 8.41. The smallest absolute Gasteiger partial charge is 0.349 e. The number of imidazole rings is 1. The first-order valence-corrected chi connectivity index (χ1v) is 14.7. The molecule has 2 aliphatic rings. The maximum absolute atomic E-state index is 14.0. The summed E-state index contributed by atoms with van der Waals surface area (Å²) in [5.74, 6) is -5.83. The van der Waals surface area contributed by atoms with Crippen LogP contribution >= 0.6 is 0 Å². The fourth-order valence-electron chi connectivity index (χ4n) is 5.71. The molecule has 2 amide bonds. The zero-order valence-corrected chi connectivity index (χ0v) is 24.2. The van der Waals surface area contributed by atoms with Gasteiger partial charge in [-0.3, -0.25) is 14.3 Å². The Morgan fingerprint density at radius 2 is 1.70 bits per heavy atom. The standard InChI is InChI=1S/C29H36F5N7O2/c1-16(2)41-22(8-11-35-41)27(43)39-26(19-6-9-28(30,31)10-7-19)21-15-40-23(37-21)13-20(14-36-40)25(18-4-5-18)38-24(42)12-17(3)29(32,33)34/h8,11,13-19,25-26H,4-7,9-10,12H2,1-3H3,(H,38,42)(H,39,43)/t17-,25?,26-/m0/s1. The van der Waals surface area contributed by atoms with Crippen LogP contribution in [0.4, 0.5) is 22.0 Å². The van der Waals surface area contributed by atoms with E-state index in [1.54, 1.807) is 29.2 Å². The molecule has 0 aromatic carbocycles. The predicted octanol–water partition coefficient (Wildman–Crippen LogP) is 5.96. The van der Waals surface area contributed by atoms with Crippen molar-refractivity contribution in [1.29, 1.82) is 0 Å². The van der Waals surface area contributed by atoms with Crippen molar-refractivity contribution < 1.29 is 31.5 Å². The Labute approximate surface area is 245 Å². The van der Waals surface area contributed by atoms with Gasteiger partial charge >= 0.3 is 6.18 Å². The van der Waals surface area contributed by atoms with E-state index in [-0.39, 0.29) is 43.6 Å². The minimum Gasteiger partial charge on any atom is -0.349 e. The molecule has 2 aliphatic carbocycles. The Kier molecular flexibility index (Phi) is 8.50. The SMILES string of the molecule is CC(C)n1nccc1C(=O)N[C@H](c1cn2ncc(C(NC(=O)C[C@H](C)C(F)(F)F)C3CC3)cc2n1)C1CCC(F)(F)CC1. The third kappa shape index (κ3) is 7.15. The lowest BCUT2D eigenvalue weighted by Crippen LogP contribution is -2.38. The highest BCUT2D eigenvalue weighted by Crippen LogP contribution is 2.43. The molecule has 2 saturated carbocycles. The van der Waals surface area contributed by atoms with Gasteiger partial charge in [0.05, 0.1) is 36.1 Å². The molecular formula is C29H36F5N7O2. The molecule has 3 aromatic heterocycles. The molecular weight excluding hydrogens is 573 g/mol. The van der Waals surface area contributed by atoms with Gasteiger partial charge in [-0.1, -0.05) is 6.92 Å². The maximum atomic E-state index is 14.0. The number of carbonyl (C=O) groups is 2. The average Bonchev–Trinajstić information content (AvgIpc) is 3.47. The first-order chi connectivity index (χ1) is 20.2. The molecule has 234 valence electrons. The third-order valence-corrected chi connectivity index (χ3v) is 8.41. The first-order valence-electron chi connectivity index (χ1n) is 14.7. The van der Waals surface area contributed by atoms with Crippen LogP contribution in [-0.2, 0) is 4.79 Å². The number of rotatable bonds is 10. The van der Waals surface area contributed by atoms with Gasteiger partial charge in [0, 0.05) is 31.5 Å². The summed E-state index contributed by atoms with van der Waals surface area (Å²) in [5.41, 5.74) is 1.81. The fraction of sp³-hybridized carbons (Fsp3) is 0.621. The normalized spacial score (nSPS) is 19.7. The average molecular weight is 610 g/mol. The van der Waals surface area contributed by atoms with Gasteiger partial charge in [0.2, 0.25) is 11.8 Å². The van der Waals surface area contributed by atoms with E-state index in [0.29, 0.717) is 22.6 Å². The number of hydrogen-bond donors (Lipinski definition) is 2. The fourth-order valence-corrected chi connectivity index (χ4v) is 5.71. The van der Waals surface area contributed by atoms with E-state index in [1.165, 1.54) is 10.7 Å². The summed E-state index contributed by atoms with van der Waals surface area (Å²) in [6.07, 6.45) is 1.02. The van der Waals surface area contributed by atoms with Crippen LogP contribution in [-0.4, -0.2) is 48.3 Å². The van der Waals surface area contributed by atoms with Crippen LogP contribution < -0.4 is 10.6 Å². The topological polar surface area (TPSA) is 106 Å². The summed E-state index contributed by atoms with van der Waals surface area (Å²) in [4.78, 5) is 30.6. The van der Waals surface area contributed by atoms with Gasteiger partial charge in [0.15, 0.2) is 5.65 Å². The Hall–Kier alpha value is -3.58. The number of nitrogens with one attached hydrogen (secondary N) is 2. The number of aromatic nitrogens is 5. The van der Waals surface area contributed by atoms with E-state index < -0.39 is 48.3 Å². The molecule has 5 rings (SSSR count). The summed E-state index contributed by atoms with van der Waals surface area (Å²) in [6.45, 7) is 4.76. The van der Waals surface area contributed by atoms with Crippen molar-refractivity contribution in [2.24, 2.45) is 17.8 Å². The summed E-state index contributed by atoms with van der Waals surface area (Å²) < 4.78 is 70.2. The highest BCUT2D eigenvalue weighted by molar-refractivity contribution is 5.92. The van der Waals surface area contributed by atoms with Crippen molar-refractivity contribution in [2.75, 3.05) is 0 Å². The van der Waals surface area contributed by atoms with Crippen molar-refractivity contribution in [3.05, 3.63) is 47.7 Å². The molecule has 2 fully saturated rings. The highest BCUT2D eigenvalue weighted by atomic mass is 19.4. The molecule has 0 aliphatic heterocycles. The van der Waals surface area contributed by atoms with Crippen LogP contribution in [0.3, 0.4) is 0 Å². The number of amides is 2. The Balaban J connectivity index is 1.41. The molecule has 3 atom stereocenters. The van der Waals surface area contributed by atoms with E-state index in [0.717, 1.165) is 19.8 Å². The predicted molar refractivity (Wildman–Crippen MR) is 146 cm³/mol. The Bertz CT molecular complexity index is 1450. The molecule has 9 nitrogen and oxygen atoms in total. The van der Waals surface area contributed by atoms with E-state index in [9.17, 15) is 31.5 Å². The number of halogens is 5. The lowest BCUT2D eigenvalue weighted by atomic mass is 9.81. The van der Waals surface area contributed by atoms with E-state index in [1.807, 2.05) is 13.8 Å². The number of alkyl halides is 5. The molecule has 14 heteroatoms. The summed E-state index contributed by atoms with van der Waals surface area (Å²) in [6, 6.07) is 2.05. The maximum Gasteiger partial charge on any atom is 0.392 e. The van der Waals surface area contributed by atoms with Gasteiger partial charge in [0.25, 0.3) is 5.91 Å². The van der Waals surface area contributed by atoms with Crippen molar-refractivity contribution in [1.82, 2.24) is 35.0 Å². The minimum absolute atomic E-state index is 0.0723. The van der Waals surface area contributed by atoms with Crippen molar-refractivity contribution >= 4 is 17.5 Å². The van der Waals surface area contributed by atoms with Crippen LogP contribution in [0.25, 0.3) is 5.65 Å². The van der Waals surface area contributed by atoms with Crippen LogP contribution in [0, 0.1) is 17.8 Å². The zero-order chi connectivity index (χ0) is 31.1. The van der Waals surface area contributed by atoms with Crippen molar-refractivity contribution in [3.63, 3.8) is 0 Å². The van der Waals surface area contributed by atoms with Gasteiger partial charge in [0.1, 0.15) is 5.69 Å². The second kappa shape index (κ2) is 11.8. The molecule has 0 saturated heterocycles. The molecule has 0 spiro atoms.